The van der Waals surface area contributed by atoms with Crippen molar-refractivity contribution in [1.82, 2.24) is 25.2 Å². The number of halogens is 8. The fourth-order valence-corrected chi connectivity index (χ4v) is 4.85. The van der Waals surface area contributed by atoms with Crippen LogP contribution in [0, 0.1) is 21.8 Å². The summed E-state index contributed by atoms with van der Waals surface area (Å²) >= 11 is 0.592. The summed E-state index contributed by atoms with van der Waals surface area (Å²) in [6.45, 7) is -0.594. The van der Waals surface area contributed by atoms with E-state index in [0.717, 1.165) is 16.8 Å². The molecule has 51 heavy (non-hydrogen) atoms. The molecule has 0 bridgehead atoms. The quantitative estimate of drug-likeness (QED) is 0.0734. The number of pyridine rings is 1. The Hall–Kier alpha value is -5.49. The highest BCUT2D eigenvalue weighted by Gasteiger charge is 2.73. The smallest absolute Gasteiger partial charge is 0.460 e. The van der Waals surface area contributed by atoms with E-state index in [4.69, 9.17) is 9.84 Å². The zero-order chi connectivity index (χ0) is 38.3. The van der Waals surface area contributed by atoms with Crippen molar-refractivity contribution < 1.29 is 74.2 Å². The second-order valence-electron chi connectivity index (χ2n) is 10.1. The number of nitrogens with one attached hydrogen (secondary N) is 1. The molecule has 0 fully saturated rings. The standard InChI is InChI=1S/C26H21F8N7O9S/c27-16-9-13(24(28,29)25(30,31)26(32,33)34)11-35-20(16)36-21(45)15-10-14(41(48)49)3-4-17(15)51-23-37-38-39-40(23)7-8-50-19(44)6-2-12(22(46)47)1-5-18(42)43/h3-4,9-12H,1-2,5-8H2,(H,42,43)(H,46,47)(H,35,36,45). The van der Waals surface area contributed by atoms with Gasteiger partial charge in [-0.3, -0.25) is 29.3 Å². The second kappa shape index (κ2) is 16.0. The number of hydrogen-bond acceptors (Lipinski definition) is 12. The van der Waals surface area contributed by atoms with Crippen LogP contribution in [-0.4, -0.2) is 82.8 Å². The Bertz CT molecular complexity index is 1810. The van der Waals surface area contributed by atoms with Gasteiger partial charge in [-0.15, -0.1) is 5.10 Å². The molecule has 0 saturated heterocycles. The van der Waals surface area contributed by atoms with Gasteiger partial charge in [-0.2, -0.15) is 30.7 Å². The number of nitro benzene ring substituents is 1. The maximum absolute atomic E-state index is 14.6. The molecule has 0 aliphatic carbocycles. The van der Waals surface area contributed by atoms with Gasteiger partial charge in [-0.25, -0.2) is 14.1 Å². The molecule has 3 N–H and O–H groups in total. The summed E-state index contributed by atoms with van der Waals surface area (Å²) in [4.78, 5) is 60.4. The van der Waals surface area contributed by atoms with Gasteiger partial charge in [-0.05, 0) is 47.2 Å². The number of alkyl halides is 7. The first kappa shape index (κ1) is 39.9. The molecule has 1 unspecified atom stereocenters. The van der Waals surface area contributed by atoms with E-state index in [1.807, 2.05) is 0 Å². The van der Waals surface area contributed by atoms with Crippen LogP contribution in [0.1, 0.15) is 41.6 Å². The number of benzene rings is 1. The number of ether oxygens (including phenoxy) is 1. The molecule has 3 aromatic rings. The van der Waals surface area contributed by atoms with E-state index in [9.17, 15) is 69.5 Å². The van der Waals surface area contributed by atoms with Gasteiger partial charge >= 0.3 is 35.9 Å². The minimum Gasteiger partial charge on any atom is -0.481 e. The van der Waals surface area contributed by atoms with E-state index in [0.29, 0.717) is 17.8 Å². The highest BCUT2D eigenvalue weighted by Crippen LogP contribution is 2.51. The first-order valence-corrected chi connectivity index (χ1v) is 14.6. The lowest BCUT2D eigenvalue weighted by atomic mass is 9.98. The molecule has 0 aliphatic heterocycles. The molecular formula is C26H21F8N7O9S. The monoisotopic (exact) mass is 759 g/mol. The molecule has 2 aromatic heterocycles. The Morgan fingerprint density at radius 1 is 1.04 bits per heavy atom. The number of carbonyl (C=O) groups is 4. The molecule has 0 saturated carbocycles. The molecule has 1 atom stereocenters. The van der Waals surface area contributed by atoms with E-state index in [1.165, 1.54) is 0 Å². The predicted molar refractivity (Wildman–Crippen MR) is 150 cm³/mol. The van der Waals surface area contributed by atoms with Crippen molar-refractivity contribution in [2.45, 2.75) is 60.3 Å². The highest BCUT2D eigenvalue weighted by atomic mass is 32.2. The Labute approximate surface area is 282 Å². The van der Waals surface area contributed by atoms with Crippen LogP contribution in [0.3, 0.4) is 0 Å². The van der Waals surface area contributed by atoms with E-state index in [-0.39, 0.29) is 48.7 Å². The van der Waals surface area contributed by atoms with E-state index >= 15 is 0 Å². The summed E-state index contributed by atoms with van der Waals surface area (Å²) < 4.78 is 113. The number of aromatic nitrogens is 5. The lowest BCUT2D eigenvalue weighted by Crippen LogP contribution is -2.50. The summed E-state index contributed by atoms with van der Waals surface area (Å²) in [6.07, 6.45) is -8.16. The fourth-order valence-electron chi connectivity index (χ4n) is 3.94. The molecule has 0 aliphatic rings. The highest BCUT2D eigenvalue weighted by molar-refractivity contribution is 7.99. The maximum atomic E-state index is 14.6. The third-order valence-corrected chi connectivity index (χ3v) is 7.67. The molecular weight excluding hydrogens is 738 g/mol. The molecule has 276 valence electrons. The fraction of sp³-hybridized carbons (Fsp3) is 0.385. The van der Waals surface area contributed by atoms with Crippen molar-refractivity contribution in [3.05, 3.63) is 57.5 Å². The topological polar surface area (TPSA) is 230 Å². The molecule has 1 amide bonds. The zero-order valence-corrected chi connectivity index (χ0v) is 25.9. The molecule has 16 nitrogen and oxygen atoms in total. The van der Waals surface area contributed by atoms with Crippen LogP contribution in [0.25, 0.3) is 0 Å². The van der Waals surface area contributed by atoms with Crippen LogP contribution >= 0.6 is 11.8 Å². The normalized spacial score (nSPS) is 12.6. The number of rotatable bonds is 17. The Kier molecular flexibility index (Phi) is 12.6. The number of anilines is 1. The summed E-state index contributed by atoms with van der Waals surface area (Å²) in [5.74, 6) is -21.6. The molecule has 2 heterocycles. The minimum absolute atomic E-state index is 0.116. The van der Waals surface area contributed by atoms with Crippen LogP contribution in [-0.2, 0) is 31.6 Å². The van der Waals surface area contributed by atoms with Gasteiger partial charge in [0, 0.05) is 41.6 Å². The molecule has 1 aromatic carbocycles. The summed E-state index contributed by atoms with van der Waals surface area (Å²) in [5, 5.41) is 41.7. The van der Waals surface area contributed by atoms with Crippen molar-refractivity contribution in [3.63, 3.8) is 0 Å². The van der Waals surface area contributed by atoms with Crippen LogP contribution < -0.4 is 5.32 Å². The van der Waals surface area contributed by atoms with Gasteiger partial charge < -0.3 is 20.3 Å². The number of carbonyl (C=O) groups excluding carboxylic acids is 2. The third kappa shape index (κ3) is 9.82. The van der Waals surface area contributed by atoms with Crippen molar-refractivity contribution in [2.24, 2.45) is 5.92 Å². The Morgan fingerprint density at radius 2 is 1.71 bits per heavy atom. The number of carboxylic acid groups (broad SMARTS) is 2. The maximum Gasteiger partial charge on any atom is 0.460 e. The van der Waals surface area contributed by atoms with Crippen molar-refractivity contribution in [3.8, 4) is 0 Å². The van der Waals surface area contributed by atoms with Gasteiger partial charge in [0.15, 0.2) is 11.6 Å². The number of esters is 1. The second-order valence-corrected chi connectivity index (χ2v) is 11.1. The number of amides is 1. The number of carboxylic acids is 2. The zero-order valence-electron chi connectivity index (χ0n) is 25.1. The van der Waals surface area contributed by atoms with E-state index < -0.39 is 93.6 Å². The number of non-ortho nitro benzene ring substituents is 1. The van der Waals surface area contributed by atoms with Crippen LogP contribution in [0.5, 0.6) is 0 Å². The summed E-state index contributed by atoms with van der Waals surface area (Å²) in [6, 6.07) is 2.26. The number of tetrazole rings is 1. The van der Waals surface area contributed by atoms with E-state index in [2.05, 4.69) is 20.5 Å². The lowest BCUT2D eigenvalue weighted by Gasteiger charge is -2.28. The van der Waals surface area contributed by atoms with Gasteiger partial charge in [-0.1, -0.05) is 0 Å². The van der Waals surface area contributed by atoms with Gasteiger partial charge in [0.05, 0.1) is 22.9 Å². The Morgan fingerprint density at radius 3 is 2.29 bits per heavy atom. The molecule has 0 radical (unpaired) electrons. The van der Waals surface area contributed by atoms with Crippen molar-refractivity contribution in [1.29, 1.82) is 0 Å². The van der Waals surface area contributed by atoms with Crippen molar-refractivity contribution >= 4 is 47.1 Å². The molecule has 3 rings (SSSR count). The first-order chi connectivity index (χ1) is 23.6. The first-order valence-electron chi connectivity index (χ1n) is 13.8. The van der Waals surface area contributed by atoms with E-state index in [1.54, 1.807) is 5.32 Å². The average molecular weight is 760 g/mol. The van der Waals surface area contributed by atoms with Gasteiger partial charge in [0.2, 0.25) is 5.16 Å². The Balaban J connectivity index is 1.74. The molecule has 25 heteroatoms. The number of nitro groups is 1. The van der Waals surface area contributed by atoms with Gasteiger partial charge in [0.25, 0.3) is 11.6 Å². The number of hydrogen-bond donors (Lipinski definition) is 3. The average Bonchev–Trinajstić information content (AvgIpc) is 3.47. The third-order valence-electron chi connectivity index (χ3n) is 6.62. The SMILES string of the molecule is O=C(O)CCC(CCC(=O)OCCn1nnnc1Sc1ccc([N+](=O)[O-])cc1C(=O)Nc1ncc(C(F)(F)C(F)(F)C(F)(F)F)cc1F)C(=O)O. The minimum atomic E-state index is -6.72. The van der Waals surface area contributed by atoms with Crippen molar-refractivity contribution in [2.75, 3.05) is 11.9 Å². The summed E-state index contributed by atoms with van der Waals surface area (Å²) in [7, 11) is 0. The largest absolute Gasteiger partial charge is 0.481 e. The lowest BCUT2D eigenvalue weighted by molar-refractivity contribution is -0.384. The van der Waals surface area contributed by atoms with Crippen LogP contribution in [0.2, 0.25) is 0 Å². The predicted octanol–water partition coefficient (Wildman–Crippen LogP) is 4.70. The molecule has 0 spiro atoms. The number of aliphatic carboxylic acids is 2. The number of nitrogens with zero attached hydrogens (tertiary/aromatic N) is 6. The van der Waals surface area contributed by atoms with Crippen LogP contribution in [0.15, 0.2) is 40.5 Å². The van der Waals surface area contributed by atoms with Crippen LogP contribution in [0.4, 0.5) is 46.6 Å². The van der Waals surface area contributed by atoms with Gasteiger partial charge in [0.1, 0.15) is 6.61 Å². The summed E-state index contributed by atoms with van der Waals surface area (Å²) in [5.41, 5.74) is -3.45.